The number of nitrogens with one attached hydrogen (secondary N) is 1. The van der Waals surface area contributed by atoms with Crippen molar-refractivity contribution in [2.24, 2.45) is 0 Å². The van der Waals surface area contributed by atoms with Crippen molar-refractivity contribution in [3.63, 3.8) is 0 Å². The molecule has 0 unspecified atom stereocenters. The molecule has 1 atom stereocenters. The van der Waals surface area contributed by atoms with E-state index in [0.717, 1.165) is 23.0 Å². The van der Waals surface area contributed by atoms with Crippen LogP contribution in [0.3, 0.4) is 0 Å². The van der Waals surface area contributed by atoms with E-state index in [9.17, 15) is 18.0 Å². The molecule has 0 spiro atoms. The minimum absolute atomic E-state index is 0.0448. The summed E-state index contributed by atoms with van der Waals surface area (Å²) in [6, 6.07) is 4.90. The number of aromatic nitrogens is 4. The molecule has 1 N–H and O–H groups in total. The van der Waals surface area contributed by atoms with Crippen LogP contribution in [-0.2, 0) is 19.1 Å². The molecule has 168 valence electrons. The molecule has 2 aromatic heterocycles. The fourth-order valence-corrected chi connectivity index (χ4v) is 4.14. The topological polar surface area (TPSA) is 74.8 Å². The fraction of sp³-hybridized carbons (Fsp3) is 0.364. The predicted octanol–water partition coefficient (Wildman–Crippen LogP) is 5.25. The van der Waals surface area contributed by atoms with E-state index in [1.165, 1.54) is 17.0 Å². The van der Waals surface area contributed by atoms with Gasteiger partial charge >= 0.3 is 6.18 Å². The second-order valence-corrected chi connectivity index (χ2v) is 8.51. The first-order valence-electron chi connectivity index (χ1n) is 10.1. The monoisotopic (exact) mass is 463 g/mol. The first-order chi connectivity index (χ1) is 15.1. The first-order valence-corrected chi connectivity index (χ1v) is 10.5. The Labute approximate surface area is 187 Å². The average Bonchev–Trinajstić information content (AvgIpc) is 3.26. The number of nitrogens with zero attached hydrogens (tertiary/aromatic N) is 4. The van der Waals surface area contributed by atoms with Gasteiger partial charge in [-0.1, -0.05) is 31.5 Å². The maximum Gasteiger partial charge on any atom is 0.417 e. The number of alkyl halides is 3. The zero-order valence-corrected chi connectivity index (χ0v) is 18.4. The summed E-state index contributed by atoms with van der Waals surface area (Å²) < 4.78 is 39.8. The summed E-state index contributed by atoms with van der Waals surface area (Å²) in [5, 5.41) is 6.34. The van der Waals surface area contributed by atoms with Crippen molar-refractivity contribution in [2.75, 3.05) is 0 Å². The SMILES string of the molecule is CC(C)c1nc2c(c(-c3ccn[nH]3)n1)C[C@H](C)N(C(=O)c1cccc(C(F)(F)F)c1Cl)C2. The summed E-state index contributed by atoms with van der Waals surface area (Å²) in [6.07, 6.45) is -2.56. The van der Waals surface area contributed by atoms with Crippen LogP contribution in [0, 0.1) is 0 Å². The van der Waals surface area contributed by atoms with Gasteiger partial charge in [-0.3, -0.25) is 9.89 Å². The van der Waals surface area contributed by atoms with Crippen molar-refractivity contribution < 1.29 is 18.0 Å². The number of amides is 1. The Morgan fingerprint density at radius 1 is 1.25 bits per heavy atom. The van der Waals surface area contributed by atoms with Gasteiger partial charge in [0, 0.05) is 23.7 Å². The van der Waals surface area contributed by atoms with Gasteiger partial charge in [0.2, 0.25) is 0 Å². The standard InChI is InChI=1S/C22H21ClF3N5O/c1-11(2)20-28-17-10-31(12(3)9-14(17)19(29-20)16-7-8-27-30-16)21(32)13-5-4-6-15(18(13)23)22(24,25)26/h4-8,11-12H,9-10H2,1-3H3,(H,27,30)/t12-/m0/s1. The van der Waals surface area contributed by atoms with Crippen LogP contribution in [-0.4, -0.2) is 37.0 Å². The van der Waals surface area contributed by atoms with E-state index >= 15 is 0 Å². The lowest BCUT2D eigenvalue weighted by molar-refractivity contribution is -0.137. The number of rotatable bonds is 3. The molecule has 0 saturated carbocycles. The van der Waals surface area contributed by atoms with Gasteiger partial charge < -0.3 is 4.90 Å². The smallest absolute Gasteiger partial charge is 0.330 e. The Kier molecular flexibility index (Phi) is 5.70. The summed E-state index contributed by atoms with van der Waals surface area (Å²) in [4.78, 5) is 24.2. The number of halogens is 4. The first kappa shape index (κ1) is 22.3. The number of aromatic amines is 1. The van der Waals surface area contributed by atoms with Gasteiger partial charge in [0.25, 0.3) is 5.91 Å². The van der Waals surface area contributed by atoms with Gasteiger partial charge in [-0.15, -0.1) is 0 Å². The van der Waals surface area contributed by atoms with Crippen molar-refractivity contribution >= 4 is 17.5 Å². The minimum Gasteiger partial charge on any atom is -0.330 e. The van der Waals surface area contributed by atoms with Gasteiger partial charge in [-0.2, -0.15) is 18.3 Å². The Morgan fingerprint density at radius 2 is 2.00 bits per heavy atom. The molecule has 0 fully saturated rings. The Hall–Kier alpha value is -2.94. The largest absolute Gasteiger partial charge is 0.417 e. The van der Waals surface area contributed by atoms with Crippen molar-refractivity contribution in [3.8, 4) is 11.4 Å². The molecule has 3 heterocycles. The van der Waals surface area contributed by atoms with Crippen LogP contribution in [0.4, 0.5) is 13.2 Å². The Bertz CT molecular complexity index is 1160. The molecule has 0 radical (unpaired) electrons. The highest BCUT2D eigenvalue weighted by Crippen LogP contribution is 2.38. The maximum absolute atomic E-state index is 13.3. The third kappa shape index (κ3) is 3.97. The highest BCUT2D eigenvalue weighted by atomic mass is 35.5. The third-order valence-electron chi connectivity index (χ3n) is 5.53. The lowest BCUT2D eigenvalue weighted by Gasteiger charge is -2.35. The summed E-state index contributed by atoms with van der Waals surface area (Å²) >= 11 is 6.01. The van der Waals surface area contributed by atoms with Crippen molar-refractivity contribution in [1.29, 1.82) is 0 Å². The predicted molar refractivity (Wildman–Crippen MR) is 113 cm³/mol. The van der Waals surface area contributed by atoms with Crippen molar-refractivity contribution in [2.45, 2.75) is 51.9 Å². The number of hydrogen-bond donors (Lipinski definition) is 1. The molecule has 6 nitrogen and oxygen atoms in total. The Morgan fingerprint density at radius 3 is 2.62 bits per heavy atom. The average molecular weight is 464 g/mol. The number of hydrogen-bond acceptors (Lipinski definition) is 4. The molecule has 4 rings (SSSR count). The second-order valence-electron chi connectivity index (χ2n) is 8.13. The molecular weight excluding hydrogens is 443 g/mol. The van der Waals surface area contributed by atoms with Crippen molar-refractivity contribution in [1.82, 2.24) is 25.1 Å². The molecule has 10 heteroatoms. The van der Waals surface area contributed by atoms with Crippen molar-refractivity contribution in [3.05, 3.63) is 63.7 Å². The summed E-state index contributed by atoms with van der Waals surface area (Å²) in [5.74, 6) is 0.0998. The van der Waals surface area contributed by atoms with Crippen LogP contribution < -0.4 is 0 Å². The molecule has 0 bridgehead atoms. The number of fused-ring (bicyclic) bond motifs is 1. The van der Waals surface area contributed by atoms with E-state index in [2.05, 4.69) is 15.2 Å². The minimum atomic E-state index is -4.65. The summed E-state index contributed by atoms with van der Waals surface area (Å²) in [7, 11) is 0. The van der Waals surface area contributed by atoms with Gasteiger partial charge in [-0.25, -0.2) is 9.97 Å². The van der Waals surface area contributed by atoms with E-state index in [4.69, 9.17) is 16.6 Å². The maximum atomic E-state index is 13.3. The quantitative estimate of drug-likeness (QED) is 0.575. The molecule has 1 aromatic carbocycles. The number of H-pyrrole nitrogens is 1. The van der Waals surface area contributed by atoms with Crippen LogP contribution in [0.1, 0.15) is 59.7 Å². The highest BCUT2D eigenvalue weighted by molar-refractivity contribution is 6.34. The Balaban J connectivity index is 1.75. The number of carbonyl (C=O) groups is 1. The zero-order chi connectivity index (χ0) is 23.2. The van der Waals surface area contributed by atoms with E-state index < -0.39 is 22.7 Å². The summed E-state index contributed by atoms with van der Waals surface area (Å²) in [5.41, 5.74) is 1.84. The molecule has 0 saturated heterocycles. The molecular formula is C22H21ClF3N5O. The van der Waals surface area contributed by atoms with Crippen LogP contribution in [0.15, 0.2) is 30.5 Å². The van der Waals surface area contributed by atoms with Crippen LogP contribution in [0.25, 0.3) is 11.4 Å². The number of benzene rings is 1. The van der Waals surface area contributed by atoms with Crippen LogP contribution in [0.5, 0.6) is 0 Å². The number of carbonyl (C=O) groups excluding carboxylic acids is 1. The van der Waals surface area contributed by atoms with Crippen LogP contribution in [0.2, 0.25) is 5.02 Å². The molecule has 32 heavy (non-hydrogen) atoms. The molecule has 0 aliphatic carbocycles. The van der Waals surface area contributed by atoms with Crippen LogP contribution >= 0.6 is 11.6 Å². The fourth-order valence-electron chi connectivity index (χ4n) is 3.83. The zero-order valence-electron chi connectivity index (χ0n) is 17.7. The molecule has 3 aromatic rings. The second kappa shape index (κ2) is 8.20. The molecule has 1 aliphatic rings. The van der Waals surface area contributed by atoms with Gasteiger partial charge in [0.15, 0.2) is 0 Å². The van der Waals surface area contributed by atoms with E-state index in [1.807, 2.05) is 26.8 Å². The van der Waals surface area contributed by atoms with E-state index in [0.29, 0.717) is 17.9 Å². The van der Waals surface area contributed by atoms with Gasteiger partial charge in [0.05, 0.1) is 39.8 Å². The van der Waals surface area contributed by atoms with E-state index in [1.54, 1.807) is 6.20 Å². The lowest BCUT2D eigenvalue weighted by atomic mass is 9.94. The molecule has 1 amide bonds. The summed E-state index contributed by atoms with van der Waals surface area (Å²) in [6.45, 7) is 5.92. The highest BCUT2D eigenvalue weighted by Gasteiger charge is 2.37. The third-order valence-corrected chi connectivity index (χ3v) is 5.94. The van der Waals surface area contributed by atoms with Gasteiger partial charge in [-0.05, 0) is 31.5 Å². The van der Waals surface area contributed by atoms with Gasteiger partial charge in [0.1, 0.15) is 5.82 Å². The molecule has 1 aliphatic heterocycles. The normalized spacial score (nSPS) is 16.4. The lowest BCUT2D eigenvalue weighted by Crippen LogP contribution is -2.43. The van der Waals surface area contributed by atoms with E-state index in [-0.39, 0.29) is 24.1 Å².